The van der Waals surface area contributed by atoms with Gasteiger partial charge in [-0.25, -0.2) is 0 Å². The molecule has 2 heterocycles. The summed E-state index contributed by atoms with van der Waals surface area (Å²) in [5, 5.41) is 11.2. The van der Waals surface area contributed by atoms with Gasteiger partial charge in [0.1, 0.15) is 0 Å². The first kappa shape index (κ1) is 15.0. The monoisotopic (exact) mass is 376 g/mol. The van der Waals surface area contributed by atoms with E-state index in [0.29, 0.717) is 22.7 Å². The first-order valence-corrected chi connectivity index (χ1v) is 7.84. The van der Waals surface area contributed by atoms with E-state index < -0.39 is 10.7 Å². The number of nitro benzene ring substituents is 1. The molecular weight excluding hydrogens is 364 g/mol. The highest BCUT2D eigenvalue weighted by Gasteiger charge is 2.40. The quantitative estimate of drug-likeness (QED) is 0.584. The lowest BCUT2D eigenvalue weighted by atomic mass is 10.0. The van der Waals surface area contributed by atoms with Gasteiger partial charge < -0.3 is 14.4 Å². The zero-order chi connectivity index (χ0) is 15.0. The number of nitrogens with zero attached hydrogens (tertiary/aromatic N) is 2. The Kier molecular flexibility index (Phi) is 4.09. The number of hydrogen-bond acceptors (Lipinski definition) is 5. The molecule has 0 unspecified atom stereocenters. The molecular formula is C13H14BrClN2O4. The second-order valence-corrected chi connectivity index (χ2v) is 6.37. The number of benzene rings is 1. The number of piperidine rings is 1. The van der Waals surface area contributed by atoms with Gasteiger partial charge in [0.05, 0.1) is 28.8 Å². The van der Waals surface area contributed by atoms with Crippen molar-refractivity contribution in [3.05, 3.63) is 31.7 Å². The number of rotatable bonds is 2. The third-order valence-corrected chi connectivity index (χ3v) is 4.76. The molecule has 0 bridgehead atoms. The molecule has 21 heavy (non-hydrogen) atoms. The largest absolute Gasteiger partial charge is 0.369 e. The van der Waals surface area contributed by atoms with Gasteiger partial charge in [0.25, 0.3) is 5.69 Å². The Hall–Kier alpha value is -0.890. The van der Waals surface area contributed by atoms with E-state index in [1.807, 2.05) is 0 Å². The van der Waals surface area contributed by atoms with Crippen molar-refractivity contribution in [2.45, 2.75) is 18.6 Å². The summed E-state index contributed by atoms with van der Waals surface area (Å²) in [4.78, 5) is 12.5. The Morgan fingerprint density at radius 2 is 1.90 bits per heavy atom. The summed E-state index contributed by atoms with van der Waals surface area (Å²) < 4.78 is 12.0. The minimum Gasteiger partial charge on any atom is -0.369 e. The average molecular weight is 378 g/mol. The van der Waals surface area contributed by atoms with E-state index in [1.54, 1.807) is 0 Å². The van der Waals surface area contributed by atoms with E-state index in [1.165, 1.54) is 12.1 Å². The second kappa shape index (κ2) is 5.72. The topological polar surface area (TPSA) is 64.8 Å². The van der Waals surface area contributed by atoms with Crippen LogP contribution < -0.4 is 4.90 Å². The van der Waals surface area contributed by atoms with Gasteiger partial charge in [-0.15, -0.1) is 0 Å². The normalized spacial score (nSPS) is 21.0. The molecule has 6 nitrogen and oxygen atoms in total. The minimum absolute atomic E-state index is 0.0217. The van der Waals surface area contributed by atoms with Crippen molar-refractivity contribution in [1.82, 2.24) is 0 Å². The summed E-state index contributed by atoms with van der Waals surface area (Å²) in [6, 6.07) is 2.86. The maximum absolute atomic E-state index is 10.8. The van der Waals surface area contributed by atoms with Crippen molar-refractivity contribution in [2.75, 3.05) is 31.2 Å². The molecule has 2 aliphatic rings. The van der Waals surface area contributed by atoms with Crippen LogP contribution in [0.4, 0.5) is 11.4 Å². The van der Waals surface area contributed by atoms with Crippen molar-refractivity contribution in [2.24, 2.45) is 0 Å². The molecule has 1 aromatic rings. The van der Waals surface area contributed by atoms with Crippen LogP contribution in [0.25, 0.3) is 0 Å². The zero-order valence-corrected chi connectivity index (χ0v) is 13.5. The van der Waals surface area contributed by atoms with Gasteiger partial charge in [0.15, 0.2) is 5.79 Å². The fourth-order valence-electron chi connectivity index (χ4n) is 2.82. The van der Waals surface area contributed by atoms with Crippen LogP contribution in [0.15, 0.2) is 16.6 Å². The molecule has 2 aliphatic heterocycles. The average Bonchev–Trinajstić information content (AvgIpc) is 2.88. The molecule has 0 radical (unpaired) electrons. The number of halogens is 2. The molecule has 1 aromatic carbocycles. The number of hydrogen-bond donors (Lipinski definition) is 0. The lowest BCUT2D eigenvalue weighted by Gasteiger charge is -2.39. The lowest BCUT2D eigenvalue weighted by Crippen LogP contribution is -2.45. The van der Waals surface area contributed by atoms with Gasteiger partial charge in [-0.3, -0.25) is 10.1 Å². The van der Waals surface area contributed by atoms with E-state index >= 15 is 0 Å². The summed E-state index contributed by atoms with van der Waals surface area (Å²) >= 11 is 9.61. The smallest absolute Gasteiger partial charge is 0.272 e. The highest BCUT2D eigenvalue weighted by atomic mass is 79.9. The van der Waals surface area contributed by atoms with Gasteiger partial charge in [0, 0.05) is 42.5 Å². The standard InChI is InChI=1S/C13H14BrClN2O4/c14-10-7-9(17(18)19)8-11(15)12(10)16-3-1-13(2-4-16)20-5-6-21-13/h7-8H,1-6H2. The van der Waals surface area contributed by atoms with Crippen LogP contribution in [-0.2, 0) is 9.47 Å². The number of ether oxygens (including phenoxy) is 2. The van der Waals surface area contributed by atoms with Gasteiger partial charge in [-0.1, -0.05) is 11.6 Å². The van der Waals surface area contributed by atoms with Crippen molar-refractivity contribution < 1.29 is 14.4 Å². The summed E-state index contributed by atoms with van der Waals surface area (Å²) in [5.41, 5.74) is 0.765. The van der Waals surface area contributed by atoms with Crippen LogP contribution in [0.1, 0.15) is 12.8 Å². The number of anilines is 1. The minimum atomic E-state index is -0.453. The third-order valence-electron chi connectivity index (χ3n) is 3.87. The Labute approximate surface area is 135 Å². The van der Waals surface area contributed by atoms with Crippen LogP contribution in [0, 0.1) is 10.1 Å². The Morgan fingerprint density at radius 3 is 2.43 bits per heavy atom. The lowest BCUT2D eigenvalue weighted by molar-refractivity contribution is -0.384. The predicted octanol–water partition coefficient (Wildman–Crippen LogP) is 3.35. The van der Waals surface area contributed by atoms with Crippen LogP contribution in [0.5, 0.6) is 0 Å². The van der Waals surface area contributed by atoms with Gasteiger partial charge in [0.2, 0.25) is 0 Å². The van der Waals surface area contributed by atoms with Gasteiger partial charge >= 0.3 is 0 Å². The summed E-state index contributed by atoms with van der Waals surface area (Å²) in [5.74, 6) is -0.448. The number of nitro groups is 1. The zero-order valence-electron chi connectivity index (χ0n) is 11.2. The molecule has 114 valence electrons. The molecule has 3 rings (SSSR count). The third kappa shape index (κ3) is 2.88. The molecule has 8 heteroatoms. The SMILES string of the molecule is O=[N+]([O-])c1cc(Cl)c(N2CCC3(CC2)OCCO3)c(Br)c1. The molecule has 0 aliphatic carbocycles. The van der Waals surface area contributed by atoms with E-state index in [2.05, 4.69) is 20.8 Å². The summed E-state index contributed by atoms with van der Waals surface area (Å²) in [7, 11) is 0. The summed E-state index contributed by atoms with van der Waals surface area (Å²) in [6.07, 6.45) is 1.51. The molecule has 0 N–H and O–H groups in total. The molecule has 2 saturated heterocycles. The highest BCUT2D eigenvalue weighted by Crippen LogP contribution is 2.41. The fourth-order valence-corrected chi connectivity index (χ4v) is 3.96. The number of non-ortho nitro benzene ring substituents is 1. The molecule has 0 atom stereocenters. The Balaban J connectivity index is 1.80. The second-order valence-electron chi connectivity index (χ2n) is 5.11. The van der Waals surface area contributed by atoms with Crippen LogP contribution in [0.3, 0.4) is 0 Å². The first-order chi connectivity index (χ1) is 10.0. The van der Waals surface area contributed by atoms with Gasteiger partial charge in [-0.05, 0) is 15.9 Å². The predicted molar refractivity (Wildman–Crippen MR) is 81.9 cm³/mol. The molecule has 1 spiro atoms. The van der Waals surface area contributed by atoms with Crippen LogP contribution in [0.2, 0.25) is 5.02 Å². The van der Waals surface area contributed by atoms with E-state index in [4.69, 9.17) is 21.1 Å². The van der Waals surface area contributed by atoms with E-state index in [-0.39, 0.29) is 5.69 Å². The van der Waals surface area contributed by atoms with Crippen molar-refractivity contribution in [1.29, 1.82) is 0 Å². The molecule has 0 amide bonds. The Bertz CT molecular complexity index is 544. The maximum Gasteiger partial charge on any atom is 0.272 e. The van der Waals surface area contributed by atoms with Gasteiger partial charge in [-0.2, -0.15) is 0 Å². The van der Waals surface area contributed by atoms with Crippen molar-refractivity contribution >= 4 is 38.9 Å². The highest BCUT2D eigenvalue weighted by molar-refractivity contribution is 9.10. The first-order valence-electron chi connectivity index (χ1n) is 6.67. The maximum atomic E-state index is 10.8. The Morgan fingerprint density at radius 1 is 1.29 bits per heavy atom. The van der Waals surface area contributed by atoms with Crippen molar-refractivity contribution in [3.8, 4) is 0 Å². The van der Waals surface area contributed by atoms with E-state index in [0.717, 1.165) is 31.6 Å². The van der Waals surface area contributed by atoms with Crippen LogP contribution in [-0.4, -0.2) is 37.0 Å². The molecule has 0 saturated carbocycles. The van der Waals surface area contributed by atoms with Crippen LogP contribution >= 0.6 is 27.5 Å². The summed E-state index contributed by atoms with van der Waals surface area (Å²) in [6.45, 7) is 2.75. The molecule has 2 fully saturated rings. The van der Waals surface area contributed by atoms with Crippen molar-refractivity contribution in [3.63, 3.8) is 0 Å². The fraction of sp³-hybridized carbons (Fsp3) is 0.538. The molecule has 0 aromatic heterocycles. The van der Waals surface area contributed by atoms with E-state index in [9.17, 15) is 10.1 Å².